The Morgan fingerprint density at radius 2 is 1.79 bits per heavy atom. The number of aromatic carboxylic acids is 1. The Bertz CT molecular complexity index is 632. The first-order valence-electron chi connectivity index (χ1n) is 5.92. The molecule has 0 atom stereocenters. The average Bonchev–Trinajstić information content (AvgIpc) is 2.41. The lowest BCUT2D eigenvalue weighted by Crippen LogP contribution is -2.02. The molecular weight excluding hydrogens is 244 g/mol. The number of phenolic OH excluding ortho intramolecular Hbond substituents is 2. The van der Waals surface area contributed by atoms with Gasteiger partial charge in [-0.05, 0) is 24.1 Å². The third-order valence-corrected chi connectivity index (χ3v) is 3.05. The molecule has 98 valence electrons. The Kier molecular flexibility index (Phi) is 3.42. The van der Waals surface area contributed by atoms with Crippen molar-refractivity contribution in [3.05, 3.63) is 47.5 Å². The van der Waals surface area contributed by atoms with E-state index in [4.69, 9.17) is 0 Å². The van der Waals surface area contributed by atoms with Gasteiger partial charge in [0.15, 0.2) is 11.5 Å². The lowest BCUT2D eigenvalue weighted by molar-refractivity contribution is 0.0697. The Labute approximate surface area is 110 Å². The average molecular weight is 258 g/mol. The van der Waals surface area contributed by atoms with E-state index in [1.165, 1.54) is 12.1 Å². The minimum absolute atomic E-state index is 0.111. The summed E-state index contributed by atoms with van der Waals surface area (Å²) in [6, 6.07) is 9.49. The van der Waals surface area contributed by atoms with Crippen molar-refractivity contribution in [1.82, 2.24) is 0 Å². The van der Waals surface area contributed by atoms with E-state index in [1.807, 2.05) is 13.0 Å². The zero-order valence-corrected chi connectivity index (χ0v) is 10.4. The first-order chi connectivity index (χ1) is 9.06. The van der Waals surface area contributed by atoms with Crippen molar-refractivity contribution in [1.29, 1.82) is 0 Å². The lowest BCUT2D eigenvalue weighted by Gasteiger charge is -2.13. The van der Waals surface area contributed by atoms with E-state index >= 15 is 0 Å². The summed E-state index contributed by atoms with van der Waals surface area (Å²) in [6.45, 7) is 1.91. The number of hydrogen-bond donors (Lipinski definition) is 3. The van der Waals surface area contributed by atoms with E-state index in [2.05, 4.69) is 0 Å². The SMILES string of the molecule is CCc1cccc(C(=O)O)c1-c1cccc(O)c1O. The molecular formula is C15H14O4. The van der Waals surface area contributed by atoms with Crippen LogP contribution in [-0.2, 0) is 6.42 Å². The van der Waals surface area contributed by atoms with E-state index < -0.39 is 5.97 Å². The smallest absolute Gasteiger partial charge is 0.336 e. The summed E-state index contributed by atoms with van der Waals surface area (Å²) in [5, 5.41) is 28.8. The van der Waals surface area contributed by atoms with E-state index in [1.54, 1.807) is 18.2 Å². The standard InChI is InChI=1S/C15H14O4/c1-2-9-5-3-7-11(15(18)19)13(9)10-6-4-8-12(16)14(10)17/h3-8,16-17H,2H2,1H3,(H,18,19). The van der Waals surface area contributed by atoms with Gasteiger partial charge in [-0.2, -0.15) is 0 Å². The molecule has 0 radical (unpaired) electrons. The van der Waals surface area contributed by atoms with Crippen molar-refractivity contribution in [2.75, 3.05) is 0 Å². The fourth-order valence-electron chi connectivity index (χ4n) is 2.12. The molecule has 0 bridgehead atoms. The molecule has 2 rings (SSSR count). The summed E-state index contributed by atoms with van der Waals surface area (Å²) in [6.07, 6.45) is 0.631. The molecule has 0 spiro atoms. The number of carboxylic acid groups (broad SMARTS) is 1. The third kappa shape index (κ3) is 2.25. The molecule has 0 unspecified atom stereocenters. The molecule has 3 N–H and O–H groups in total. The molecule has 0 saturated heterocycles. The number of aryl methyl sites for hydroxylation is 1. The summed E-state index contributed by atoms with van der Waals surface area (Å²) in [5.74, 6) is -1.63. The van der Waals surface area contributed by atoms with Crippen molar-refractivity contribution >= 4 is 5.97 Å². The van der Waals surface area contributed by atoms with Crippen LogP contribution in [0.4, 0.5) is 0 Å². The van der Waals surface area contributed by atoms with Gasteiger partial charge in [0.1, 0.15) is 0 Å². The predicted octanol–water partition coefficient (Wildman–Crippen LogP) is 3.03. The van der Waals surface area contributed by atoms with Gasteiger partial charge in [-0.3, -0.25) is 0 Å². The molecule has 0 heterocycles. The van der Waals surface area contributed by atoms with Crippen LogP contribution in [0.25, 0.3) is 11.1 Å². The quantitative estimate of drug-likeness (QED) is 0.739. The van der Waals surface area contributed by atoms with Crippen molar-refractivity contribution in [3.8, 4) is 22.6 Å². The Balaban J connectivity index is 2.80. The molecule has 0 aliphatic carbocycles. The number of aromatic hydroxyl groups is 2. The van der Waals surface area contributed by atoms with Crippen LogP contribution in [0.5, 0.6) is 11.5 Å². The molecule has 0 aliphatic rings. The number of para-hydroxylation sites is 1. The van der Waals surface area contributed by atoms with Crippen LogP contribution >= 0.6 is 0 Å². The molecule has 2 aromatic carbocycles. The number of phenols is 2. The fourth-order valence-corrected chi connectivity index (χ4v) is 2.12. The molecule has 0 amide bonds. The fraction of sp³-hybridized carbons (Fsp3) is 0.133. The van der Waals surface area contributed by atoms with Crippen molar-refractivity contribution in [2.24, 2.45) is 0 Å². The molecule has 19 heavy (non-hydrogen) atoms. The highest BCUT2D eigenvalue weighted by molar-refractivity contribution is 5.98. The molecule has 4 nitrogen and oxygen atoms in total. The Morgan fingerprint density at radius 3 is 2.42 bits per heavy atom. The van der Waals surface area contributed by atoms with Gasteiger partial charge < -0.3 is 15.3 Å². The van der Waals surface area contributed by atoms with Crippen LogP contribution < -0.4 is 0 Å². The third-order valence-electron chi connectivity index (χ3n) is 3.05. The van der Waals surface area contributed by atoms with Crippen LogP contribution in [0.3, 0.4) is 0 Å². The molecule has 2 aromatic rings. The number of carbonyl (C=O) groups is 1. The van der Waals surface area contributed by atoms with Crippen molar-refractivity contribution < 1.29 is 20.1 Å². The second-order valence-electron chi connectivity index (χ2n) is 4.17. The van der Waals surface area contributed by atoms with Gasteiger partial charge in [-0.1, -0.05) is 31.2 Å². The molecule has 0 aliphatic heterocycles. The summed E-state index contributed by atoms with van der Waals surface area (Å²) < 4.78 is 0. The highest BCUT2D eigenvalue weighted by Gasteiger charge is 2.18. The van der Waals surface area contributed by atoms with Gasteiger partial charge >= 0.3 is 5.97 Å². The lowest BCUT2D eigenvalue weighted by atomic mass is 9.92. The largest absolute Gasteiger partial charge is 0.504 e. The normalized spacial score (nSPS) is 10.4. The molecule has 4 heteroatoms. The summed E-state index contributed by atoms with van der Waals surface area (Å²) in [5.41, 5.74) is 1.70. The van der Waals surface area contributed by atoms with E-state index in [0.717, 1.165) is 5.56 Å². The second-order valence-corrected chi connectivity index (χ2v) is 4.17. The van der Waals surface area contributed by atoms with Crippen molar-refractivity contribution in [3.63, 3.8) is 0 Å². The van der Waals surface area contributed by atoms with E-state index in [0.29, 0.717) is 17.5 Å². The van der Waals surface area contributed by atoms with Crippen molar-refractivity contribution in [2.45, 2.75) is 13.3 Å². The van der Waals surface area contributed by atoms with Crippen LogP contribution in [0, 0.1) is 0 Å². The highest BCUT2D eigenvalue weighted by Crippen LogP contribution is 2.39. The van der Waals surface area contributed by atoms with Gasteiger partial charge in [0.05, 0.1) is 5.56 Å². The first-order valence-corrected chi connectivity index (χ1v) is 5.92. The van der Waals surface area contributed by atoms with E-state index in [-0.39, 0.29) is 17.1 Å². The second kappa shape index (κ2) is 5.02. The van der Waals surface area contributed by atoms with Gasteiger partial charge in [0.2, 0.25) is 0 Å². The maximum absolute atomic E-state index is 11.3. The Morgan fingerprint density at radius 1 is 1.11 bits per heavy atom. The zero-order chi connectivity index (χ0) is 14.0. The minimum atomic E-state index is -1.06. The molecule has 0 fully saturated rings. The zero-order valence-electron chi connectivity index (χ0n) is 10.4. The highest BCUT2D eigenvalue weighted by atomic mass is 16.4. The van der Waals surface area contributed by atoms with E-state index in [9.17, 15) is 20.1 Å². The van der Waals surface area contributed by atoms with Crippen LogP contribution in [0.1, 0.15) is 22.8 Å². The first kappa shape index (κ1) is 13.0. The molecule has 0 aromatic heterocycles. The van der Waals surface area contributed by atoms with Crippen LogP contribution in [0.15, 0.2) is 36.4 Å². The number of benzene rings is 2. The van der Waals surface area contributed by atoms with Crippen LogP contribution in [-0.4, -0.2) is 21.3 Å². The topological polar surface area (TPSA) is 77.8 Å². The van der Waals surface area contributed by atoms with Gasteiger partial charge in [-0.15, -0.1) is 0 Å². The number of rotatable bonds is 3. The molecule has 0 saturated carbocycles. The van der Waals surface area contributed by atoms with Gasteiger partial charge in [0, 0.05) is 11.1 Å². The number of carboxylic acids is 1. The monoisotopic (exact) mass is 258 g/mol. The summed E-state index contributed by atoms with van der Waals surface area (Å²) in [4.78, 5) is 11.3. The van der Waals surface area contributed by atoms with Gasteiger partial charge in [0.25, 0.3) is 0 Å². The predicted molar refractivity (Wildman–Crippen MR) is 71.5 cm³/mol. The number of hydrogen-bond acceptors (Lipinski definition) is 3. The maximum Gasteiger partial charge on any atom is 0.336 e. The van der Waals surface area contributed by atoms with Crippen LogP contribution in [0.2, 0.25) is 0 Å². The summed E-state index contributed by atoms with van der Waals surface area (Å²) >= 11 is 0. The van der Waals surface area contributed by atoms with Gasteiger partial charge in [-0.25, -0.2) is 4.79 Å². The summed E-state index contributed by atoms with van der Waals surface area (Å²) in [7, 11) is 0. The minimum Gasteiger partial charge on any atom is -0.504 e. The maximum atomic E-state index is 11.3. The Hall–Kier alpha value is -2.49.